The molecule has 5 nitrogen and oxygen atoms in total. The first-order valence-electron chi connectivity index (χ1n) is 6.16. The van der Waals surface area contributed by atoms with Gasteiger partial charge < -0.3 is 15.2 Å². The summed E-state index contributed by atoms with van der Waals surface area (Å²) in [5.74, 6) is 0.556. The molecule has 0 saturated carbocycles. The first-order chi connectivity index (χ1) is 8.73. The molecule has 1 aromatic rings. The van der Waals surface area contributed by atoms with Crippen LogP contribution in [0.5, 0.6) is 5.75 Å². The van der Waals surface area contributed by atoms with Gasteiger partial charge in [-0.2, -0.15) is 0 Å². The van der Waals surface area contributed by atoms with E-state index < -0.39 is 11.7 Å². The molecule has 0 fully saturated rings. The summed E-state index contributed by atoms with van der Waals surface area (Å²) in [6.45, 7) is 7.31. The van der Waals surface area contributed by atoms with Gasteiger partial charge in [-0.3, -0.25) is 5.32 Å². The fourth-order valence-corrected chi connectivity index (χ4v) is 1.51. The highest BCUT2D eigenvalue weighted by atomic mass is 16.6. The first kappa shape index (κ1) is 15.3. The molecule has 0 unspecified atom stereocenters. The fourth-order valence-electron chi connectivity index (χ4n) is 1.51. The number of ether oxygens (including phenoxy) is 2. The molecule has 0 radical (unpaired) electrons. The van der Waals surface area contributed by atoms with Gasteiger partial charge in [0.1, 0.15) is 11.4 Å². The second kappa shape index (κ2) is 5.93. The van der Waals surface area contributed by atoms with Crippen molar-refractivity contribution in [1.82, 2.24) is 0 Å². The third-order valence-corrected chi connectivity index (χ3v) is 2.39. The molecule has 19 heavy (non-hydrogen) atoms. The van der Waals surface area contributed by atoms with Crippen molar-refractivity contribution in [2.75, 3.05) is 12.4 Å². The molecule has 0 bridgehead atoms. The summed E-state index contributed by atoms with van der Waals surface area (Å²) in [5.41, 5.74) is 6.76. The molecule has 5 heteroatoms. The van der Waals surface area contributed by atoms with E-state index in [0.29, 0.717) is 11.4 Å². The molecular formula is C14H22N2O3. The predicted molar refractivity (Wildman–Crippen MR) is 75.5 cm³/mol. The van der Waals surface area contributed by atoms with Gasteiger partial charge in [-0.15, -0.1) is 0 Å². The Morgan fingerprint density at radius 1 is 1.37 bits per heavy atom. The zero-order valence-electron chi connectivity index (χ0n) is 12.1. The van der Waals surface area contributed by atoms with Gasteiger partial charge in [0.25, 0.3) is 0 Å². The minimum Gasteiger partial charge on any atom is -0.495 e. The molecule has 1 amide bonds. The van der Waals surface area contributed by atoms with Crippen molar-refractivity contribution in [1.29, 1.82) is 0 Å². The number of benzene rings is 1. The lowest BCUT2D eigenvalue weighted by atomic mass is 10.1. The third kappa shape index (κ3) is 4.79. The Kier molecular flexibility index (Phi) is 4.78. The molecule has 1 atom stereocenters. The first-order valence-corrected chi connectivity index (χ1v) is 6.16. The van der Waals surface area contributed by atoms with Crippen molar-refractivity contribution in [3.63, 3.8) is 0 Å². The fraction of sp³-hybridized carbons (Fsp3) is 0.500. The number of hydrogen-bond donors (Lipinski definition) is 2. The van der Waals surface area contributed by atoms with Crippen LogP contribution in [0.3, 0.4) is 0 Å². The van der Waals surface area contributed by atoms with Crippen LogP contribution in [0.4, 0.5) is 10.5 Å². The highest BCUT2D eigenvalue weighted by molar-refractivity contribution is 5.87. The smallest absolute Gasteiger partial charge is 0.412 e. The van der Waals surface area contributed by atoms with E-state index in [-0.39, 0.29) is 6.04 Å². The number of carbonyl (C=O) groups excluding carboxylic acids is 1. The Balaban J connectivity index is 2.86. The average molecular weight is 266 g/mol. The SMILES string of the molecule is COc1cc([C@@H](C)N)ccc1NC(=O)OC(C)(C)C. The Hall–Kier alpha value is -1.75. The lowest BCUT2D eigenvalue weighted by Crippen LogP contribution is -2.27. The van der Waals surface area contributed by atoms with Crippen LogP contribution in [0.1, 0.15) is 39.3 Å². The molecule has 3 N–H and O–H groups in total. The van der Waals surface area contributed by atoms with Gasteiger partial charge in [0, 0.05) is 6.04 Å². The van der Waals surface area contributed by atoms with E-state index in [1.807, 2.05) is 33.8 Å². The van der Waals surface area contributed by atoms with Gasteiger partial charge in [0.15, 0.2) is 0 Å². The van der Waals surface area contributed by atoms with E-state index in [0.717, 1.165) is 5.56 Å². The molecular weight excluding hydrogens is 244 g/mol. The maximum Gasteiger partial charge on any atom is 0.412 e. The minimum absolute atomic E-state index is 0.0931. The van der Waals surface area contributed by atoms with Gasteiger partial charge in [0.2, 0.25) is 0 Å². The number of carbonyl (C=O) groups is 1. The summed E-state index contributed by atoms with van der Waals surface area (Å²) in [7, 11) is 1.54. The topological polar surface area (TPSA) is 73.6 Å². The van der Waals surface area contributed by atoms with Crippen LogP contribution >= 0.6 is 0 Å². The van der Waals surface area contributed by atoms with Crippen LogP contribution in [0.15, 0.2) is 18.2 Å². The van der Waals surface area contributed by atoms with Crippen molar-refractivity contribution in [2.24, 2.45) is 5.73 Å². The summed E-state index contributed by atoms with van der Waals surface area (Å²) >= 11 is 0. The Morgan fingerprint density at radius 3 is 2.47 bits per heavy atom. The highest BCUT2D eigenvalue weighted by Crippen LogP contribution is 2.28. The van der Waals surface area contributed by atoms with Gasteiger partial charge in [-0.05, 0) is 45.4 Å². The Morgan fingerprint density at radius 2 is 2.00 bits per heavy atom. The quantitative estimate of drug-likeness (QED) is 0.881. The standard InChI is InChI=1S/C14H22N2O3/c1-9(15)10-6-7-11(12(8-10)18-5)16-13(17)19-14(2,3)4/h6-9H,15H2,1-5H3,(H,16,17)/t9-/m1/s1. The number of nitrogens with one attached hydrogen (secondary N) is 1. The van der Waals surface area contributed by atoms with Crippen molar-refractivity contribution in [3.05, 3.63) is 23.8 Å². The van der Waals surface area contributed by atoms with Crippen molar-refractivity contribution >= 4 is 11.8 Å². The van der Waals surface area contributed by atoms with Crippen LogP contribution in [0.2, 0.25) is 0 Å². The van der Waals surface area contributed by atoms with Crippen LogP contribution < -0.4 is 15.8 Å². The summed E-state index contributed by atoms with van der Waals surface area (Å²) in [4.78, 5) is 11.7. The molecule has 0 heterocycles. The van der Waals surface area contributed by atoms with Crippen molar-refractivity contribution in [2.45, 2.75) is 39.3 Å². The Bertz CT molecular complexity index is 450. The Labute approximate surface area is 114 Å². The molecule has 0 aliphatic heterocycles. The van der Waals surface area contributed by atoms with Crippen molar-refractivity contribution < 1.29 is 14.3 Å². The number of anilines is 1. The average Bonchev–Trinajstić information content (AvgIpc) is 2.26. The van der Waals surface area contributed by atoms with E-state index in [2.05, 4.69) is 5.32 Å². The second-order valence-electron chi connectivity index (χ2n) is 5.38. The zero-order chi connectivity index (χ0) is 14.6. The van der Waals surface area contributed by atoms with Crippen molar-refractivity contribution in [3.8, 4) is 5.75 Å². The lowest BCUT2D eigenvalue weighted by molar-refractivity contribution is 0.0635. The number of amides is 1. The van der Waals surface area contributed by atoms with Crippen LogP contribution in [0.25, 0.3) is 0 Å². The summed E-state index contributed by atoms with van der Waals surface area (Å²) in [5, 5.41) is 2.66. The zero-order valence-corrected chi connectivity index (χ0v) is 12.1. The number of nitrogens with two attached hydrogens (primary N) is 1. The summed E-state index contributed by atoms with van der Waals surface area (Å²) in [6.07, 6.45) is -0.514. The molecule has 0 aliphatic rings. The van der Waals surface area contributed by atoms with E-state index in [1.165, 1.54) is 0 Å². The number of rotatable bonds is 3. The van der Waals surface area contributed by atoms with E-state index in [1.54, 1.807) is 19.2 Å². The van der Waals surface area contributed by atoms with Crippen LogP contribution in [-0.2, 0) is 4.74 Å². The molecule has 0 aromatic heterocycles. The normalized spacial score (nSPS) is 12.7. The molecule has 1 rings (SSSR count). The van der Waals surface area contributed by atoms with E-state index in [4.69, 9.17) is 15.2 Å². The minimum atomic E-state index is -0.539. The second-order valence-corrected chi connectivity index (χ2v) is 5.38. The van der Waals surface area contributed by atoms with Gasteiger partial charge >= 0.3 is 6.09 Å². The number of hydrogen-bond acceptors (Lipinski definition) is 4. The van der Waals surface area contributed by atoms with Gasteiger partial charge in [0.05, 0.1) is 12.8 Å². The maximum atomic E-state index is 11.7. The monoisotopic (exact) mass is 266 g/mol. The maximum absolute atomic E-state index is 11.7. The largest absolute Gasteiger partial charge is 0.495 e. The third-order valence-electron chi connectivity index (χ3n) is 2.39. The molecule has 0 spiro atoms. The summed E-state index contributed by atoms with van der Waals surface area (Å²) in [6, 6.07) is 5.31. The van der Waals surface area contributed by atoms with Crippen LogP contribution in [0, 0.1) is 0 Å². The molecule has 0 aliphatic carbocycles. The summed E-state index contributed by atoms with van der Waals surface area (Å²) < 4.78 is 10.4. The number of methoxy groups -OCH3 is 1. The van der Waals surface area contributed by atoms with E-state index in [9.17, 15) is 4.79 Å². The molecule has 0 saturated heterocycles. The van der Waals surface area contributed by atoms with E-state index >= 15 is 0 Å². The van der Waals surface area contributed by atoms with Gasteiger partial charge in [-0.25, -0.2) is 4.79 Å². The molecule has 106 valence electrons. The molecule has 1 aromatic carbocycles. The van der Waals surface area contributed by atoms with Crippen LogP contribution in [-0.4, -0.2) is 18.8 Å². The highest BCUT2D eigenvalue weighted by Gasteiger charge is 2.17. The lowest BCUT2D eigenvalue weighted by Gasteiger charge is -2.20. The van der Waals surface area contributed by atoms with Gasteiger partial charge in [-0.1, -0.05) is 6.07 Å². The predicted octanol–water partition coefficient (Wildman–Crippen LogP) is 3.06.